The average molecular weight is 391 g/mol. The second-order valence-electron chi connectivity index (χ2n) is 6.89. The molecule has 0 aliphatic carbocycles. The van der Waals surface area contributed by atoms with Crippen LogP contribution in [0.3, 0.4) is 0 Å². The highest BCUT2D eigenvalue weighted by atomic mass is 16.2. The number of amides is 4. The largest absolute Gasteiger partial charge is 0.368 e. The van der Waals surface area contributed by atoms with Crippen molar-refractivity contribution >= 4 is 23.6 Å². The van der Waals surface area contributed by atoms with Gasteiger partial charge in [0.05, 0.1) is 13.1 Å². The van der Waals surface area contributed by atoms with Crippen molar-refractivity contribution in [2.24, 2.45) is 17.4 Å². The topological polar surface area (TPSA) is 156 Å². The van der Waals surface area contributed by atoms with Crippen molar-refractivity contribution < 1.29 is 19.2 Å². The quantitative estimate of drug-likeness (QED) is 0.320. The number of nitrogens with one attached hydrogen (secondary N) is 3. The average Bonchev–Trinajstić information content (AvgIpc) is 2.65. The number of hydrogen-bond acceptors (Lipinski definition) is 5. The third kappa shape index (κ3) is 8.63. The lowest BCUT2D eigenvalue weighted by Gasteiger charge is -2.24. The van der Waals surface area contributed by atoms with Gasteiger partial charge in [-0.25, -0.2) is 0 Å². The van der Waals surface area contributed by atoms with Crippen LogP contribution in [0.15, 0.2) is 30.3 Å². The van der Waals surface area contributed by atoms with Gasteiger partial charge in [-0.1, -0.05) is 44.2 Å². The molecule has 0 heterocycles. The van der Waals surface area contributed by atoms with Crippen LogP contribution >= 0.6 is 0 Å². The second kappa shape index (κ2) is 11.7. The summed E-state index contributed by atoms with van der Waals surface area (Å²) in [6.45, 7) is 3.25. The number of carbonyl (C=O) groups is 4. The molecule has 154 valence electrons. The normalized spacial score (nSPS) is 12.7. The van der Waals surface area contributed by atoms with Gasteiger partial charge in [0.2, 0.25) is 23.6 Å². The molecule has 1 rings (SSSR count). The lowest BCUT2D eigenvalue weighted by atomic mass is 10.0. The van der Waals surface area contributed by atoms with Crippen LogP contribution in [0.2, 0.25) is 0 Å². The summed E-state index contributed by atoms with van der Waals surface area (Å²) in [7, 11) is 0. The molecule has 0 aromatic heterocycles. The Labute approximate surface area is 164 Å². The van der Waals surface area contributed by atoms with Crippen LogP contribution < -0.4 is 27.4 Å². The molecule has 7 N–H and O–H groups in total. The Hall–Kier alpha value is -2.94. The number of hydrogen-bond donors (Lipinski definition) is 5. The number of carbonyl (C=O) groups excluding carboxylic acids is 4. The predicted octanol–water partition coefficient (Wildman–Crippen LogP) is -1.19. The van der Waals surface area contributed by atoms with Gasteiger partial charge in [0, 0.05) is 6.42 Å². The third-order valence-corrected chi connectivity index (χ3v) is 3.90. The van der Waals surface area contributed by atoms with Gasteiger partial charge in [-0.3, -0.25) is 19.2 Å². The molecule has 1 aromatic carbocycles. The van der Waals surface area contributed by atoms with E-state index in [2.05, 4.69) is 16.0 Å². The molecular formula is C19H29N5O4. The maximum Gasteiger partial charge on any atom is 0.243 e. The first-order valence-electron chi connectivity index (χ1n) is 9.12. The van der Waals surface area contributed by atoms with Gasteiger partial charge in [-0.15, -0.1) is 0 Å². The Morgan fingerprint density at radius 1 is 0.964 bits per heavy atom. The molecule has 0 fully saturated rings. The number of nitrogens with two attached hydrogens (primary N) is 2. The first-order valence-corrected chi connectivity index (χ1v) is 9.12. The Morgan fingerprint density at radius 2 is 1.61 bits per heavy atom. The zero-order valence-corrected chi connectivity index (χ0v) is 16.2. The monoisotopic (exact) mass is 391 g/mol. The number of primary amides is 1. The van der Waals surface area contributed by atoms with Crippen molar-refractivity contribution in [3.8, 4) is 0 Å². The minimum absolute atomic E-state index is 0.130. The second-order valence-corrected chi connectivity index (χ2v) is 6.89. The van der Waals surface area contributed by atoms with Crippen LogP contribution in [-0.2, 0) is 25.6 Å². The van der Waals surface area contributed by atoms with Gasteiger partial charge in [0.25, 0.3) is 0 Å². The molecule has 2 atom stereocenters. The third-order valence-electron chi connectivity index (χ3n) is 3.90. The van der Waals surface area contributed by atoms with Gasteiger partial charge in [-0.2, -0.15) is 0 Å². The number of benzene rings is 1. The van der Waals surface area contributed by atoms with Crippen molar-refractivity contribution in [2.45, 2.75) is 38.8 Å². The van der Waals surface area contributed by atoms with E-state index in [0.29, 0.717) is 6.42 Å². The summed E-state index contributed by atoms with van der Waals surface area (Å²) in [5.41, 5.74) is 11.2. The van der Waals surface area contributed by atoms with Gasteiger partial charge in [0.1, 0.15) is 12.1 Å². The predicted molar refractivity (Wildman–Crippen MR) is 105 cm³/mol. The van der Waals surface area contributed by atoms with Crippen LogP contribution in [0.5, 0.6) is 0 Å². The summed E-state index contributed by atoms with van der Waals surface area (Å²) in [6, 6.07) is 7.37. The fourth-order valence-electron chi connectivity index (χ4n) is 2.58. The Kier molecular flexibility index (Phi) is 9.66. The summed E-state index contributed by atoms with van der Waals surface area (Å²) in [5, 5.41) is 7.64. The first kappa shape index (κ1) is 23.1. The van der Waals surface area contributed by atoms with Gasteiger partial charge in [-0.05, 0) is 17.9 Å². The van der Waals surface area contributed by atoms with Crippen molar-refractivity contribution in [1.29, 1.82) is 0 Å². The Bertz CT molecular complexity index is 678. The van der Waals surface area contributed by atoms with Crippen LogP contribution in [0, 0.1) is 5.92 Å². The van der Waals surface area contributed by atoms with E-state index in [1.165, 1.54) is 0 Å². The molecule has 1 aromatic rings. The lowest BCUT2D eigenvalue weighted by Crippen LogP contribution is -2.55. The van der Waals surface area contributed by atoms with E-state index >= 15 is 0 Å². The molecule has 0 unspecified atom stereocenters. The molecule has 0 radical (unpaired) electrons. The highest BCUT2D eigenvalue weighted by Gasteiger charge is 2.27. The lowest BCUT2D eigenvalue weighted by molar-refractivity contribution is -0.132. The summed E-state index contributed by atoms with van der Waals surface area (Å²) in [5.74, 6) is -2.05. The van der Waals surface area contributed by atoms with Crippen molar-refractivity contribution in [3.05, 3.63) is 35.9 Å². The minimum Gasteiger partial charge on any atom is -0.368 e. The van der Waals surface area contributed by atoms with Crippen LogP contribution in [-0.4, -0.2) is 48.8 Å². The van der Waals surface area contributed by atoms with Gasteiger partial charge >= 0.3 is 0 Å². The van der Waals surface area contributed by atoms with Crippen LogP contribution in [0.1, 0.15) is 25.8 Å². The zero-order chi connectivity index (χ0) is 21.1. The van der Waals surface area contributed by atoms with E-state index in [9.17, 15) is 19.2 Å². The first-order chi connectivity index (χ1) is 13.2. The highest BCUT2D eigenvalue weighted by Crippen LogP contribution is 2.08. The SMILES string of the molecule is CC(C)C[C@H](NC(=O)CN)C(=O)N[C@@H](Cc1ccccc1)C(=O)NCC(N)=O. The van der Waals surface area contributed by atoms with E-state index in [1.54, 1.807) is 0 Å². The fraction of sp³-hybridized carbons (Fsp3) is 0.474. The molecule has 28 heavy (non-hydrogen) atoms. The highest BCUT2D eigenvalue weighted by molar-refractivity contribution is 5.93. The van der Waals surface area contributed by atoms with Gasteiger partial charge in [0.15, 0.2) is 0 Å². The van der Waals surface area contributed by atoms with E-state index in [4.69, 9.17) is 11.5 Å². The van der Waals surface area contributed by atoms with Crippen LogP contribution in [0.4, 0.5) is 0 Å². The smallest absolute Gasteiger partial charge is 0.243 e. The summed E-state index contributed by atoms with van der Waals surface area (Å²) >= 11 is 0. The molecule has 4 amide bonds. The summed E-state index contributed by atoms with van der Waals surface area (Å²) < 4.78 is 0. The minimum atomic E-state index is -0.932. The molecule has 0 bridgehead atoms. The Morgan fingerprint density at radius 3 is 2.14 bits per heavy atom. The fourth-order valence-corrected chi connectivity index (χ4v) is 2.58. The van der Waals surface area contributed by atoms with E-state index in [-0.39, 0.29) is 25.4 Å². The van der Waals surface area contributed by atoms with Gasteiger partial charge < -0.3 is 27.4 Å². The molecule has 0 saturated heterocycles. The summed E-state index contributed by atoms with van der Waals surface area (Å²) in [6.07, 6.45) is 0.606. The van der Waals surface area contributed by atoms with Crippen molar-refractivity contribution in [2.75, 3.05) is 13.1 Å². The summed E-state index contributed by atoms with van der Waals surface area (Å²) in [4.78, 5) is 47.8. The zero-order valence-electron chi connectivity index (χ0n) is 16.2. The van der Waals surface area contributed by atoms with Crippen molar-refractivity contribution in [3.63, 3.8) is 0 Å². The van der Waals surface area contributed by atoms with Crippen LogP contribution in [0.25, 0.3) is 0 Å². The van der Waals surface area contributed by atoms with E-state index in [0.717, 1.165) is 5.56 Å². The Balaban J connectivity index is 2.93. The maximum atomic E-state index is 12.7. The molecular weight excluding hydrogens is 362 g/mol. The maximum absolute atomic E-state index is 12.7. The molecule has 0 aliphatic rings. The van der Waals surface area contributed by atoms with Crippen molar-refractivity contribution in [1.82, 2.24) is 16.0 Å². The number of rotatable bonds is 11. The van der Waals surface area contributed by atoms with E-state index in [1.807, 2.05) is 44.2 Å². The molecule has 9 heteroatoms. The molecule has 0 spiro atoms. The molecule has 0 aliphatic heterocycles. The van der Waals surface area contributed by atoms with E-state index < -0.39 is 35.7 Å². The molecule has 9 nitrogen and oxygen atoms in total. The standard InChI is InChI=1S/C19H29N5O4/c1-12(2)8-14(23-17(26)10-20)19(28)24-15(18(27)22-11-16(21)25)9-13-6-4-3-5-7-13/h3-7,12,14-15H,8-11,20H2,1-2H3,(H2,21,25)(H,22,27)(H,23,26)(H,24,28)/t14-,15-/m0/s1. The molecule has 0 saturated carbocycles.